The first kappa shape index (κ1) is 34.1. The van der Waals surface area contributed by atoms with Gasteiger partial charge in [0, 0.05) is 27.5 Å². The van der Waals surface area contributed by atoms with Crippen molar-refractivity contribution in [1.82, 2.24) is 0 Å². The van der Waals surface area contributed by atoms with Crippen molar-refractivity contribution in [3.8, 4) is 33.4 Å². The maximum Gasteiger partial charge on any atom is 0.136 e. The molecule has 0 saturated carbocycles. The molecule has 12 aromatic rings. The van der Waals surface area contributed by atoms with E-state index in [1.165, 1.54) is 65.3 Å². The molecule has 280 valence electrons. The molecule has 0 amide bonds. The smallest absolute Gasteiger partial charge is 0.136 e. The number of para-hydroxylation sites is 1. The van der Waals surface area contributed by atoms with Crippen LogP contribution in [-0.2, 0) is 0 Å². The van der Waals surface area contributed by atoms with Gasteiger partial charge in [0.05, 0.1) is 5.69 Å². The zero-order chi connectivity index (χ0) is 39.6. The fourth-order valence-electron chi connectivity index (χ4n) is 9.39. The number of rotatable bonds is 6. The van der Waals surface area contributed by atoms with E-state index in [0.29, 0.717) is 0 Å². The molecular formula is C58H37NO. The van der Waals surface area contributed by atoms with Gasteiger partial charge in [-0.25, -0.2) is 0 Å². The van der Waals surface area contributed by atoms with Crippen molar-refractivity contribution in [2.24, 2.45) is 0 Å². The second-order valence-corrected chi connectivity index (χ2v) is 15.6. The monoisotopic (exact) mass is 763 g/mol. The molecule has 0 aliphatic heterocycles. The van der Waals surface area contributed by atoms with Crippen LogP contribution >= 0.6 is 0 Å². The highest BCUT2D eigenvalue weighted by Gasteiger charge is 2.20. The number of hydrogen-bond acceptors (Lipinski definition) is 2. The molecule has 2 nitrogen and oxygen atoms in total. The van der Waals surface area contributed by atoms with Crippen LogP contribution in [0.2, 0.25) is 0 Å². The summed E-state index contributed by atoms with van der Waals surface area (Å²) in [6, 6.07) is 81.4. The molecule has 0 radical (unpaired) electrons. The van der Waals surface area contributed by atoms with Crippen LogP contribution in [0.25, 0.3) is 98.4 Å². The molecule has 1 aromatic heterocycles. The third-order valence-corrected chi connectivity index (χ3v) is 12.2. The van der Waals surface area contributed by atoms with Gasteiger partial charge in [-0.15, -0.1) is 0 Å². The zero-order valence-electron chi connectivity index (χ0n) is 32.7. The van der Waals surface area contributed by atoms with Crippen LogP contribution in [0.5, 0.6) is 0 Å². The van der Waals surface area contributed by atoms with Crippen LogP contribution in [-0.4, -0.2) is 0 Å². The van der Waals surface area contributed by atoms with Gasteiger partial charge in [0.15, 0.2) is 0 Å². The van der Waals surface area contributed by atoms with Gasteiger partial charge in [0.25, 0.3) is 0 Å². The Balaban J connectivity index is 1.01. The van der Waals surface area contributed by atoms with Gasteiger partial charge in [0.1, 0.15) is 11.2 Å². The number of benzene rings is 11. The highest BCUT2D eigenvalue weighted by atomic mass is 16.3. The predicted molar refractivity (Wildman–Crippen MR) is 255 cm³/mol. The molecule has 0 saturated heterocycles. The summed E-state index contributed by atoms with van der Waals surface area (Å²) < 4.78 is 6.27. The molecule has 12 rings (SSSR count). The lowest BCUT2D eigenvalue weighted by Gasteiger charge is -2.28. The second-order valence-electron chi connectivity index (χ2n) is 15.6. The summed E-state index contributed by atoms with van der Waals surface area (Å²) in [5.41, 5.74) is 12.3. The molecule has 0 spiro atoms. The first-order valence-corrected chi connectivity index (χ1v) is 20.6. The summed E-state index contributed by atoms with van der Waals surface area (Å²) in [4.78, 5) is 2.41. The minimum absolute atomic E-state index is 0.900. The second kappa shape index (κ2) is 13.9. The number of fused-ring (bicyclic) bond motifs is 8. The largest absolute Gasteiger partial charge is 0.456 e. The molecule has 0 N–H and O–H groups in total. The molecule has 0 atom stereocenters. The van der Waals surface area contributed by atoms with Crippen molar-refractivity contribution in [1.29, 1.82) is 0 Å². The first-order chi connectivity index (χ1) is 29.7. The maximum atomic E-state index is 6.27. The highest BCUT2D eigenvalue weighted by Crippen LogP contribution is 2.45. The summed E-state index contributed by atoms with van der Waals surface area (Å²) >= 11 is 0. The van der Waals surface area contributed by atoms with E-state index in [4.69, 9.17) is 4.42 Å². The van der Waals surface area contributed by atoms with E-state index in [2.05, 4.69) is 217 Å². The van der Waals surface area contributed by atoms with Crippen LogP contribution in [0, 0.1) is 0 Å². The Kier molecular flexibility index (Phi) is 7.89. The number of nitrogens with zero attached hydrogens (tertiary/aromatic N) is 1. The zero-order valence-corrected chi connectivity index (χ0v) is 32.7. The molecule has 2 heteroatoms. The van der Waals surface area contributed by atoms with Gasteiger partial charge in [0.2, 0.25) is 0 Å². The molecule has 60 heavy (non-hydrogen) atoms. The van der Waals surface area contributed by atoms with Crippen molar-refractivity contribution in [2.75, 3.05) is 4.90 Å². The average Bonchev–Trinajstić information content (AvgIpc) is 3.70. The lowest BCUT2D eigenvalue weighted by atomic mass is 9.87. The van der Waals surface area contributed by atoms with Crippen LogP contribution < -0.4 is 4.90 Å². The van der Waals surface area contributed by atoms with Gasteiger partial charge in [-0.05, 0) is 120 Å². The van der Waals surface area contributed by atoms with Crippen molar-refractivity contribution in [3.05, 3.63) is 224 Å². The molecule has 0 aliphatic rings. The summed E-state index contributed by atoms with van der Waals surface area (Å²) in [5.74, 6) is 0. The van der Waals surface area contributed by atoms with Crippen LogP contribution in [0.15, 0.2) is 229 Å². The van der Waals surface area contributed by atoms with E-state index in [9.17, 15) is 0 Å². The summed E-state index contributed by atoms with van der Waals surface area (Å²) in [7, 11) is 0. The Labute approximate surface area is 347 Å². The van der Waals surface area contributed by atoms with Gasteiger partial charge in [-0.1, -0.05) is 176 Å². The Morgan fingerprint density at radius 2 is 0.833 bits per heavy atom. The van der Waals surface area contributed by atoms with E-state index in [-0.39, 0.29) is 0 Å². The third-order valence-electron chi connectivity index (χ3n) is 12.2. The molecular weight excluding hydrogens is 727 g/mol. The third kappa shape index (κ3) is 5.57. The lowest BCUT2D eigenvalue weighted by Crippen LogP contribution is -2.10. The van der Waals surface area contributed by atoms with E-state index in [0.717, 1.165) is 50.1 Å². The maximum absolute atomic E-state index is 6.27. The Morgan fingerprint density at radius 1 is 0.283 bits per heavy atom. The number of hydrogen-bond donors (Lipinski definition) is 0. The van der Waals surface area contributed by atoms with Gasteiger partial charge in [-0.3, -0.25) is 0 Å². The Hall–Kier alpha value is -7.94. The van der Waals surface area contributed by atoms with Gasteiger partial charge in [-0.2, -0.15) is 0 Å². The molecule has 0 unspecified atom stereocenters. The minimum Gasteiger partial charge on any atom is -0.456 e. The van der Waals surface area contributed by atoms with E-state index >= 15 is 0 Å². The van der Waals surface area contributed by atoms with Crippen LogP contribution in [0.4, 0.5) is 17.1 Å². The highest BCUT2D eigenvalue weighted by molar-refractivity contribution is 6.15. The molecule has 0 bridgehead atoms. The fraction of sp³-hybridized carbons (Fsp3) is 0. The van der Waals surface area contributed by atoms with Gasteiger partial charge >= 0.3 is 0 Å². The van der Waals surface area contributed by atoms with E-state index in [1.54, 1.807) is 0 Å². The summed E-state index contributed by atoms with van der Waals surface area (Å²) in [5, 5.41) is 12.1. The molecule has 11 aromatic carbocycles. The van der Waals surface area contributed by atoms with E-state index < -0.39 is 0 Å². The quantitative estimate of drug-likeness (QED) is 0.157. The Bertz CT molecular complexity index is 3590. The predicted octanol–water partition coefficient (Wildman–Crippen LogP) is 16.7. The van der Waals surface area contributed by atoms with Crippen molar-refractivity contribution in [2.45, 2.75) is 0 Å². The van der Waals surface area contributed by atoms with Crippen molar-refractivity contribution >= 4 is 82.1 Å². The average molecular weight is 764 g/mol. The van der Waals surface area contributed by atoms with Crippen LogP contribution in [0.3, 0.4) is 0 Å². The first-order valence-electron chi connectivity index (χ1n) is 20.6. The van der Waals surface area contributed by atoms with Crippen molar-refractivity contribution in [3.63, 3.8) is 0 Å². The van der Waals surface area contributed by atoms with E-state index in [1.807, 2.05) is 12.1 Å². The fourth-order valence-corrected chi connectivity index (χ4v) is 9.39. The SMILES string of the molecule is c1ccc2c(-c3c(-c4ccc(N(c5ccc(-c6ccc7c(c6)oc6ccccc67)cc5)c5cc6ccccc6c6ccccc56)cc4)ccc4ccccc34)cccc2c1. The minimum atomic E-state index is 0.900. The standard InChI is InChI=1S/C58H37NO/c1-4-16-46-39(12-1)15-11-22-54(46)58-48-18-6-2-13-40(48)28-34-49(58)41-26-32-45(33-27-41)59(55-36-43-14-3-5-17-47(43)50-19-7-8-20-51(50)55)44-30-24-38(25-31-44)42-29-35-53-52-21-9-10-23-56(52)60-57(53)37-42/h1-37H. The molecule has 0 aliphatic carbocycles. The summed E-state index contributed by atoms with van der Waals surface area (Å²) in [6.07, 6.45) is 0. The van der Waals surface area contributed by atoms with Crippen LogP contribution in [0.1, 0.15) is 0 Å². The normalized spacial score (nSPS) is 11.7. The lowest BCUT2D eigenvalue weighted by molar-refractivity contribution is 0.669. The summed E-state index contributed by atoms with van der Waals surface area (Å²) in [6.45, 7) is 0. The number of furan rings is 1. The van der Waals surface area contributed by atoms with Crippen molar-refractivity contribution < 1.29 is 4.42 Å². The molecule has 1 heterocycles. The number of anilines is 3. The topological polar surface area (TPSA) is 16.4 Å². The van der Waals surface area contributed by atoms with Gasteiger partial charge < -0.3 is 9.32 Å². The molecule has 0 fully saturated rings. The Morgan fingerprint density at radius 3 is 1.60 bits per heavy atom.